The molecule has 7 atom stereocenters. The summed E-state index contributed by atoms with van der Waals surface area (Å²) in [6.07, 6.45) is 23.0. The van der Waals surface area contributed by atoms with Crippen LogP contribution in [0.5, 0.6) is 0 Å². The molecule has 0 aromatic rings. The van der Waals surface area contributed by atoms with Crippen molar-refractivity contribution in [3.05, 3.63) is 0 Å². The van der Waals surface area contributed by atoms with Gasteiger partial charge in [-0.2, -0.15) is 0 Å². The van der Waals surface area contributed by atoms with E-state index < -0.39 is 73.4 Å². The highest BCUT2D eigenvalue weighted by Gasteiger charge is 2.46. The zero-order valence-corrected chi connectivity index (χ0v) is 36.4. The Morgan fingerprint density at radius 3 is 1.42 bits per heavy atom. The summed E-state index contributed by atoms with van der Waals surface area (Å²) in [7, 11) is 1.35. The number of ether oxygens (including phenoxy) is 2. The average molecular weight is 813 g/mol. The minimum atomic E-state index is -1.53. The van der Waals surface area contributed by atoms with Gasteiger partial charge in [0.25, 0.3) is 0 Å². The Hall–Kier alpha value is -2.12. The molecule has 2 amide bonds. The number of aliphatic carboxylic acids is 1. The first kappa shape index (κ1) is 52.9. The minimum Gasteiger partial charge on any atom is -0.481 e. The van der Waals surface area contributed by atoms with Crippen molar-refractivity contribution >= 4 is 23.6 Å². The molecule has 57 heavy (non-hydrogen) atoms. The van der Waals surface area contributed by atoms with Crippen LogP contribution in [0.4, 0.5) is 0 Å². The summed E-state index contributed by atoms with van der Waals surface area (Å²) in [4.78, 5) is 52.2. The lowest BCUT2D eigenvalue weighted by molar-refractivity contribution is -0.181. The SMILES string of the molecule is CCCCCCCCCCCCCCC(CCCCCCCCCCCCCC)C(=O)N[C@H](CO[C@@H]1O[C@H]([C@H](C)O)[C@@H](O)[C@@H]1O)C(=O)[C@@H](CCC(=O)O)C(=O)NC. The number of hydrogen-bond acceptors (Lipinski definition) is 9. The number of aliphatic hydroxyl groups excluding tert-OH is 3. The van der Waals surface area contributed by atoms with Crippen LogP contribution in [-0.4, -0.2) is 94.4 Å². The maximum Gasteiger partial charge on any atom is 0.303 e. The summed E-state index contributed by atoms with van der Waals surface area (Å²) in [5.74, 6) is -4.61. The second-order valence-corrected chi connectivity index (χ2v) is 16.6. The summed E-state index contributed by atoms with van der Waals surface area (Å²) in [6, 6.07) is -1.35. The standard InChI is InChI=1S/C45H84N2O10/c1-5-7-9-11-13-15-17-19-21-23-25-27-29-35(30-28-26-24-22-20-18-16-14-12-10-8-6-2)43(54)47-37(39(51)36(44(55)46-4)31-32-38(49)50)33-56-45-41(53)40(52)42(57-45)34(3)48/h34-37,40-42,45,48,52-53H,5-33H2,1-4H3,(H,46,55)(H,47,54)(H,49,50)/t34-,36+,37+,40-,41-,42+,45+/m0/s1. The normalized spacial score (nSPS) is 19.7. The summed E-state index contributed by atoms with van der Waals surface area (Å²) in [6.45, 7) is 5.39. The fourth-order valence-corrected chi connectivity index (χ4v) is 7.84. The van der Waals surface area contributed by atoms with E-state index in [1.165, 1.54) is 130 Å². The Bertz CT molecular complexity index is 1030. The van der Waals surface area contributed by atoms with Gasteiger partial charge < -0.3 is 40.5 Å². The van der Waals surface area contributed by atoms with Gasteiger partial charge in [0.2, 0.25) is 11.8 Å². The molecule has 0 spiro atoms. The van der Waals surface area contributed by atoms with Crippen molar-refractivity contribution in [1.29, 1.82) is 0 Å². The first-order chi connectivity index (χ1) is 27.5. The van der Waals surface area contributed by atoms with Crippen molar-refractivity contribution < 1.29 is 49.1 Å². The lowest BCUT2D eigenvalue weighted by Gasteiger charge is -2.26. The van der Waals surface area contributed by atoms with Crippen molar-refractivity contribution in [3.63, 3.8) is 0 Å². The van der Waals surface area contributed by atoms with E-state index in [1.807, 2.05) is 0 Å². The molecule has 1 rings (SSSR count). The van der Waals surface area contributed by atoms with E-state index in [1.54, 1.807) is 0 Å². The number of unbranched alkanes of at least 4 members (excludes halogenated alkanes) is 22. The van der Waals surface area contributed by atoms with E-state index in [-0.39, 0.29) is 18.2 Å². The van der Waals surface area contributed by atoms with Gasteiger partial charge in [0, 0.05) is 19.4 Å². The van der Waals surface area contributed by atoms with E-state index in [0.29, 0.717) is 12.8 Å². The van der Waals surface area contributed by atoms with Gasteiger partial charge in [0.05, 0.1) is 18.6 Å². The predicted molar refractivity (Wildman–Crippen MR) is 225 cm³/mol. The van der Waals surface area contributed by atoms with Crippen molar-refractivity contribution in [2.75, 3.05) is 13.7 Å². The molecule has 0 aromatic heterocycles. The molecule has 1 aliphatic rings. The molecule has 334 valence electrons. The number of carboxylic acid groups (broad SMARTS) is 1. The van der Waals surface area contributed by atoms with Crippen LogP contribution in [0.25, 0.3) is 0 Å². The number of hydrogen-bond donors (Lipinski definition) is 6. The Morgan fingerprint density at radius 2 is 1.05 bits per heavy atom. The maximum atomic E-state index is 14.0. The van der Waals surface area contributed by atoms with Gasteiger partial charge in [-0.15, -0.1) is 0 Å². The van der Waals surface area contributed by atoms with Crippen LogP contribution in [0.1, 0.15) is 201 Å². The molecular formula is C45H84N2O10. The number of nitrogens with one attached hydrogen (secondary N) is 2. The summed E-state index contributed by atoms with van der Waals surface area (Å²) in [5.41, 5.74) is 0. The molecule has 0 aromatic carbocycles. The lowest BCUT2D eigenvalue weighted by atomic mass is 9.90. The van der Waals surface area contributed by atoms with Gasteiger partial charge in [0.1, 0.15) is 24.4 Å². The molecule has 1 aliphatic heterocycles. The molecule has 0 unspecified atom stereocenters. The number of rotatable bonds is 38. The summed E-state index contributed by atoms with van der Waals surface area (Å²) in [5, 5.41) is 45.5. The van der Waals surface area contributed by atoms with Crippen LogP contribution in [0.15, 0.2) is 0 Å². The quantitative estimate of drug-likeness (QED) is 0.0264. The number of carbonyl (C=O) groups excluding carboxylic acids is 3. The molecule has 0 aliphatic carbocycles. The number of ketones is 1. The maximum absolute atomic E-state index is 14.0. The van der Waals surface area contributed by atoms with Crippen molar-refractivity contribution in [2.45, 2.75) is 237 Å². The molecule has 12 nitrogen and oxygen atoms in total. The first-order valence-corrected chi connectivity index (χ1v) is 23.1. The summed E-state index contributed by atoms with van der Waals surface area (Å²) >= 11 is 0. The van der Waals surface area contributed by atoms with Crippen molar-refractivity contribution in [2.24, 2.45) is 11.8 Å². The van der Waals surface area contributed by atoms with Crippen LogP contribution >= 0.6 is 0 Å². The molecule has 12 heteroatoms. The molecule has 6 N–H and O–H groups in total. The largest absolute Gasteiger partial charge is 0.481 e. The number of carbonyl (C=O) groups is 4. The van der Waals surface area contributed by atoms with Gasteiger partial charge in [-0.3, -0.25) is 19.2 Å². The fraction of sp³-hybridized carbons (Fsp3) is 0.911. The van der Waals surface area contributed by atoms with Gasteiger partial charge >= 0.3 is 5.97 Å². The minimum absolute atomic E-state index is 0.271. The van der Waals surface area contributed by atoms with Crippen LogP contribution in [-0.2, 0) is 28.7 Å². The average Bonchev–Trinajstić information content (AvgIpc) is 3.48. The zero-order valence-electron chi connectivity index (χ0n) is 36.4. The van der Waals surface area contributed by atoms with Crippen LogP contribution < -0.4 is 10.6 Å². The number of aliphatic hydroxyl groups is 3. The molecule has 0 bridgehead atoms. The smallest absolute Gasteiger partial charge is 0.303 e. The van der Waals surface area contributed by atoms with Crippen molar-refractivity contribution in [1.82, 2.24) is 10.6 Å². The molecule has 1 heterocycles. The lowest BCUT2D eigenvalue weighted by Crippen LogP contribution is -2.51. The fourth-order valence-electron chi connectivity index (χ4n) is 7.84. The molecular weight excluding hydrogens is 728 g/mol. The number of amides is 2. The van der Waals surface area contributed by atoms with Gasteiger partial charge in [-0.05, 0) is 26.2 Å². The second kappa shape index (κ2) is 33.7. The molecule has 1 fully saturated rings. The van der Waals surface area contributed by atoms with Gasteiger partial charge in [0.15, 0.2) is 12.1 Å². The summed E-state index contributed by atoms with van der Waals surface area (Å²) < 4.78 is 11.3. The Labute approximate surface area is 345 Å². The van der Waals surface area contributed by atoms with Crippen molar-refractivity contribution in [3.8, 4) is 0 Å². The third-order valence-electron chi connectivity index (χ3n) is 11.6. The first-order valence-electron chi connectivity index (χ1n) is 23.1. The van der Waals surface area contributed by atoms with E-state index in [0.717, 1.165) is 38.5 Å². The Kier molecular flexibility index (Phi) is 31.3. The van der Waals surface area contributed by atoms with Crippen LogP contribution in [0.3, 0.4) is 0 Å². The van der Waals surface area contributed by atoms with E-state index in [2.05, 4.69) is 24.5 Å². The van der Waals surface area contributed by atoms with E-state index in [4.69, 9.17) is 9.47 Å². The third-order valence-corrected chi connectivity index (χ3v) is 11.6. The highest BCUT2D eigenvalue weighted by molar-refractivity contribution is 6.05. The molecule has 0 saturated carbocycles. The monoisotopic (exact) mass is 813 g/mol. The highest BCUT2D eigenvalue weighted by Crippen LogP contribution is 2.26. The van der Waals surface area contributed by atoms with Gasteiger partial charge in [-0.25, -0.2) is 0 Å². The highest BCUT2D eigenvalue weighted by atomic mass is 16.7. The molecule has 1 saturated heterocycles. The zero-order chi connectivity index (χ0) is 42.3. The van der Waals surface area contributed by atoms with E-state index >= 15 is 0 Å². The Morgan fingerprint density at radius 1 is 0.632 bits per heavy atom. The number of carboxylic acids is 1. The number of Topliss-reactive ketones (excluding diaryl/α,β-unsaturated/α-hetero) is 1. The second-order valence-electron chi connectivity index (χ2n) is 16.6. The predicted octanol–water partition coefficient (Wildman–Crippen LogP) is 7.91. The van der Waals surface area contributed by atoms with Crippen LogP contribution in [0.2, 0.25) is 0 Å². The Balaban J connectivity index is 2.93. The van der Waals surface area contributed by atoms with Gasteiger partial charge in [-0.1, -0.05) is 168 Å². The third kappa shape index (κ3) is 23.9. The van der Waals surface area contributed by atoms with Crippen LogP contribution in [0, 0.1) is 11.8 Å². The molecule has 0 radical (unpaired) electrons. The van der Waals surface area contributed by atoms with E-state index in [9.17, 15) is 39.6 Å². The topological polar surface area (TPSA) is 192 Å².